The van der Waals surface area contributed by atoms with Crippen LogP contribution in [0, 0.1) is 0 Å². The summed E-state index contributed by atoms with van der Waals surface area (Å²) < 4.78 is 4.99. The molecule has 0 atom stereocenters. The van der Waals surface area contributed by atoms with E-state index in [2.05, 4.69) is 6.58 Å². The van der Waals surface area contributed by atoms with E-state index in [0.717, 1.165) is 0 Å². The number of allylic oxidation sites excluding steroid dienone is 1. The molecular weight excluding hydrogens is 166 g/mol. The Morgan fingerprint density at radius 2 is 1.69 bits per heavy atom. The standard InChI is InChI=1S/C7H15NO2.C3H6/c1-7(2,3)10-6(9)8(4)5;1-3-2/h1-5H3;3H,1H2,2H3. The molecule has 0 radical (unpaired) electrons. The van der Waals surface area contributed by atoms with Crippen LogP contribution in [0.5, 0.6) is 0 Å². The van der Waals surface area contributed by atoms with Crippen molar-refractivity contribution in [2.45, 2.75) is 33.3 Å². The van der Waals surface area contributed by atoms with Crippen LogP contribution >= 0.6 is 0 Å². The summed E-state index contributed by atoms with van der Waals surface area (Å²) in [5, 5.41) is 0. The second-order valence-corrected chi connectivity index (χ2v) is 3.78. The van der Waals surface area contributed by atoms with Gasteiger partial charge in [-0.1, -0.05) is 6.08 Å². The van der Waals surface area contributed by atoms with Gasteiger partial charge in [-0.3, -0.25) is 0 Å². The van der Waals surface area contributed by atoms with Crippen molar-refractivity contribution in [3.63, 3.8) is 0 Å². The zero-order valence-electron chi connectivity index (χ0n) is 9.55. The van der Waals surface area contributed by atoms with Crippen molar-refractivity contribution in [3.8, 4) is 0 Å². The van der Waals surface area contributed by atoms with E-state index in [4.69, 9.17) is 4.74 Å². The Morgan fingerprint density at radius 3 is 1.77 bits per heavy atom. The van der Waals surface area contributed by atoms with E-state index in [9.17, 15) is 4.79 Å². The van der Waals surface area contributed by atoms with Gasteiger partial charge in [0.05, 0.1) is 0 Å². The number of amides is 1. The lowest BCUT2D eigenvalue weighted by molar-refractivity contribution is 0.0341. The molecule has 0 saturated carbocycles. The van der Waals surface area contributed by atoms with Crippen LogP contribution in [0.2, 0.25) is 0 Å². The fourth-order valence-electron chi connectivity index (χ4n) is 0.353. The highest BCUT2D eigenvalue weighted by Crippen LogP contribution is 2.07. The third kappa shape index (κ3) is 13.9. The largest absolute Gasteiger partial charge is 0.444 e. The topological polar surface area (TPSA) is 29.5 Å². The number of hydrogen-bond donors (Lipinski definition) is 0. The summed E-state index contributed by atoms with van der Waals surface area (Å²) >= 11 is 0. The summed E-state index contributed by atoms with van der Waals surface area (Å²) in [6.45, 7) is 10.8. The minimum Gasteiger partial charge on any atom is -0.444 e. The van der Waals surface area contributed by atoms with Gasteiger partial charge in [0.2, 0.25) is 0 Å². The van der Waals surface area contributed by atoms with Gasteiger partial charge in [-0.25, -0.2) is 4.79 Å². The third-order valence-electron chi connectivity index (χ3n) is 0.759. The number of ether oxygens (including phenoxy) is 1. The fourth-order valence-corrected chi connectivity index (χ4v) is 0.353. The molecule has 3 nitrogen and oxygen atoms in total. The average molecular weight is 187 g/mol. The van der Waals surface area contributed by atoms with Crippen LogP contribution in [0.4, 0.5) is 4.79 Å². The molecule has 0 unspecified atom stereocenters. The summed E-state index contributed by atoms with van der Waals surface area (Å²) in [5.74, 6) is 0. The summed E-state index contributed by atoms with van der Waals surface area (Å²) in [7, 11) is 3.32. The lowest BCUT2D eigenvalue weighted by atomic mass is 10.2. The number of carbonyl (C=O) groups excluding carboxylic acids is 1. The van der Waals surface area contributed by atoms with Crippen LogP contribution in [0.15, 0.2) is 12.7 Å². The predicted octanol–water partition coefficient (Wildman–Crippen LogP) is 2.68. The predicted molar refractivity (Wildman–Crippen MR) is 55.8 cm³/mol. The van der Waals surface area contributed by atoms with Crippen molar-refractivity contribution in [1.29, 1.82) is 0 Å². The minimum atomic E-state index is -0.388. The van der Waals surface area contributed by atoms with Crippen molar-refractivity contribution < 1.29 is 9.53 Å². The first-order valence-corrected chi connectivity index (χ1v) is 4.22. The highest BCUT2D eigenvalue weighted by atomic mass is 16.6. The Bertz CT molecular complexity index is 157. The lowest BCUT2D eigenvalue weighted by Crippen LogP contribution is -2.31. The molecule has 3 heteroatoms. The van der Waals surface area contributed by atoms with Gasteiger partial charge in [0, 0.05) is 14.1 Å². The number of hydrogen-bond acceptors (Lipinski definition) is 2. The van der Waals surface area contributed by atoms with Crippen molar-refractivity contribution in [3.05, 3.63) is 12.7 Å². The molecule has 0 bridgehead atoms. The van der Waals surface area contributed by atoms with Gasteiger partial charge in [0.25, 0.3) is 0 Å². The van der Waals surface area contributed by atoms with Crippen molar-refractivity contribution >= 4 is 6.09 Å². The van der Waals surface area contributed by atoms with E-state index in [1.165, 1.54) is 4.90 Å². The first kappa shape index (κ1) is 14.5. The first-order chi connectivity index (χ1) is 5.74. The van der Waals surface area contributed by atoms with Gasteiger partial charge >= 0.3 is 6.09 Å². The van der Waals surface area contributed by atoms with Crippen LogP contribution in [0.3, 0.4) is 0 Å². The van der Waals surface area contributed by atoms with Gasteiger partial charge in [0.15, 0.2) is 0 Å². The van der Waals surface area contributed by atoms with E-state index in [1.807, 2.05) is 27.7 Å². The molecule has 0 aliphatic heterocycles. The number of nitrogens with zero attached hydrogens (tertiary/aromatic N) is 1. The molecule has 0 rings (SSSR count). The maximum Gasteiger partial charge on any atom is 0.409 e. The van der Waals surface area contributed by atoms with Gasteiger partial charge < -0.3 is 9.64 Å². The van der Waals surface area contributed by atoms with Crippen molar-refractivity contribution in [1.82, 2.24) is 4.90 Å². The van der Waals surface area contributed by atoms with Crippen LogP contribution in [0.25, 0.3) is 0 Å². The summed E-state index contributed by atoms with van der Waals surface area (Å²) in [6.07, 6.45) is 1.45. The zero-order valence-corrected chi connectivity index (χ0v) is 9.55. The normalized spacial score (nSPS) is 9.38. The molecule has 0 aromatic rings. The SMILES string of the molecule is C=CC.CN(C)C(=O)OC(C)(C)C. The van der Waals surface area contributed by atoms with Crippen LogP contribution in [-0.2, 0) is 4.74 Å². The Hall–Kier alpha value is -0.990. The molecule has 1 amide bonds. The molecule has 0 aliphatic rings. The van der Waals surface area contributed by atoms with E-state index in [1.54, 1.807) is 20.2 Å². The first-order valence-electron chi connectivity index (χ1n) is 4.22. The maximum atomic E-state index is 10.9. The highest BCUT2D eigenvalue weighted by molar-refractivity contribution is 5.67. The van der Waals surface area contributed by atoms with Crippen molar-refractivity contribution in [2.75, 3.05) is 14.1 Å². The Labute approximate surface area is 81.4 Å². The molecule has 0 heterocycles. The molecule has 78 valence electrons. The second-order valence-electron chi connectivity index (χ2n) is 3.78. The summed E-state index contributed by atoms with van der Waals surface area (Å²) in [6, 6.07) is 0. The Kier molecular flexibility index (Phi) is 7.28. The molecule has 0 aromatic carbocycles. The molecule has 0 aliphatic carbocycles. The minimum absolute atomic E-state index is 0.299. The zero-order chi connectivity index (χ0) is 11.1. The second kappa shape index (κ2) is 6.52. The number of carbonyl (C=O) groups is 1. The average Bonchev–Trinajstić information content (AvgIpc) is 1.84. The van der Waals surface area contributed by atoms with Crippen LogP contribution in [0.1, 0.15) is 27.7 Å². The quantitative estimate of drug-likeness (QED) is 0.546. The van der Waals surface area contributed by atoms with Gasteiger partial charge in [-0.05, 0) is 27.7 Å². The third-order valence-corrected chi connectivity index (χ3v) is 0.759. The maximum absolute atomic E-state index is 10.9. The summed E-state index contributed by atoms with van der Waals surface area (Å²) in [4.78, 5) is 12.3. The van der Waals surface area contributed by atoms with Gasteiger partial charge in [-0.2, -0.15) is 0 Å². The van der Waals surface area contributed by atoms with E-state index in [-0.39, 0.29) is 11.7 Å². The van der Waals surface area contributed by atoms with Crippen LogP contribution in [-0.4, -0.2) is 30.7 Å². The molecule has 0 saturated heterocycles. The van der Waals surface area contributed by atoms with Crippen LogP contribution < -0.4 is 0 Å². The fraction of sp³-hybridized carbons (Fsp3) is 0.700. The van der Waals surface area contributed by atoms with Crippen molar-refractivity contribution in [2.24, 2.45) is 0 Å². The smallest absolute Gasteiger partial charge is 0.409 e. The molecule has 0 aromatic heterocycles. The highest BCUT2D eigenvalue weighted by Gasteiger charge is 2.16. The summed E-state index contributed by atoms with van der Waals surface area (Å²) in [5.41, 5.74) is -0.388. The molecular formula is C10H21NO2. The van der Waals surface area contributed by atoms with Gasteiger partial charge in [0.1, 0.15) is 5.60 Å². The Balaban J connectivity index is 0. The number of rotatable bonds is 0. The monoisotopic (exact) mass is 187 g/mol. The van der Waals surface area contributed by atoms with Gasteiger partial charge in [-0.15, -0.1) is 6.58 Å². The van der Waals surface area contributed by atoms with E-state index < -0.39 is 0 Å². The van der Waals surface area contributed by atoms with E-state index in [0.29, 0.717) is 0 Å². The van der Waals surface area contributed by atoms with E-state index >= 15 is 0 Å². The molecule has 0 spiro atoms. The molecule has 0 fully saturated rings. The molecule has 13 heavy (non-hydrogen) atoms. The lowest BCUT2D eigenvalue weighted by Gasteiger charge is -2.22. The Morgan fingerprint density at radius 1 is 1.38 bits per heavy atom. The molecule has 0 N–H and O–H groups in total.